The van der Waals surface area contributed by atoms with Gasteiger partial charge in [0.05, 0.1) is 5.69 Å². The van der Waals surface area contributed by atoms with Gasteiger partial charge in [-0.3, -0.25) is 0 Å². The Morgan fingerprint density at radius 1 is 1.31 bits per heavy atom. The molecule has 0 saturated heterocycles. The van der Waals surface area contributed by atoms with E-state index in [1.165, 1.54) is 0 Å². The van der Waals surface area contributed by atoms with Crippen LogP contribution >= 0.6 is 11.6 Å². The summed E-state index contributed by atoms with van der Waals surface area (Å²) in [6, 6.07) is 1.95. The van der Waals surface area contributed by atoms with Gasteiger partial charge in [-0.25, -0.2) is 9.97 Å². The van der Waals surface area contributed by atoms with E-state index < -0.39 is 0 Å². The Balaban J connectivity index is 3.11. The van der Waals surface area contributed by atoms with Gasteiger partial charge in [-0.05, 0) is 17.5 Å². The Bertz CT molecular complexity index is 271. The molecule has 0 bridgehead atoms. The molecule has 0 amide bonds. The summed E-state index contributed by atoms with van der Waals surface area (Å²) >= 11 is 5.79. The predicted octanol–water partition coefficient (Wildman–Crippen LogP) is 2.32. The van der Waals surface area contributed by atoms with E-state index in [1.807, 2.05) is 25.1 Å². The Morgan fingerprint density at radius 2 is 1.92 bits per heavy atom. The van der Waals surface area contributed by atoms with Gasteiger partial charge in [-0.1, -0.05) is 13.8 Å². The number of nitrogens with zero attached hydrogens (tertiary/aromatic N) is 3. The van der Waals surface area contributed by atoms with Crippen molar-refractivity contribution in [3.63, 3.8) is 0 Å². The summed E-state index contributed by atoms with van der Waals surface area (Å²) in [5, 5.41) is 0.315. The van der Waals surface area contributed by atoms with E-state index in [-0.39, 0.29) is 0 Å². The average Bonchev–Trinajstić information content (AvgIpc) is 2.03. The lowest BCUT2D eigenvalue weighted by molar-refractivity contribution is 0.811. The van der Waals surface area contributed by atoms with Gasteiger partial charge in [0.15, 0.2) is 0 Å². The van der Waals surface area contributed by atoms with Crippen molar-refractivity contribution in [1.82, 2.24) is 9.97 Å². The molecule has 3 nitrogen and oxygen atoms in total. The Morgan fingerprint density at radius 3 is 2.38 bits per heavy atom. The lowest BCUT2D eigenvalue weighted by Gasteiger charge is -2.13. The highest BCUT2D eigenvalue weighted by molar-refractivity contribution is 6.28. The second-order valence-electron chi connectivity index (χ2n) is 3.47. The van der Waals surface area contributed by atoms with Gasteiger partial charge in [0.25, 0.3) is 0 Å². The first kappa shape index (κ1) is 10.3. The number of hydrogen-bond acceptors (Lipinski definition) is 3. The highest BCUT2D eigenvalue weighted by atomic mass is 35.5. The summed E-state index contributed by atoms with van der Waals surface area (Å²) in [5.41, 5.74) is 0.976. The third-order valence-corrected chi connectivity index (χ3v) is 1.92. The molecular weight excluding hydrogens is 186 g/mol. The molecule has 72 valence electrons. The van der Waals surface area contributed by atoms with Gasteiger partial charge in [0.2, 0.25) is 5.28 Å². The molecule has 0 unspecified atom stereocenters. The zero-order valence-corrected chi connectivity index (χ0v) is 9.13. The predicted molar refractivity (Wildman–Crippen MR) is 55.5 cm³/mol. The van der Waals surface area contributed by atoms with Crippen LogP contribution in [-0.4, -0.2) is 24.1 Å². The van der Waals surface area contributed by atoms with Crippen LogP contribution < -0.4 is 4.90 Å². The highest BCUT2D eigenvalue weighted by Crippen LogP contribution is 2.18. The minimum absolute atomic E-state index is 0.315. The smallest absolute Gasteiger partial charge is 0.224 e. The summed E-state index contributed by atoms with van der Waals surface area (Å²) in [7, 11) is 3.87. The lowest BCUT2D eigenvalue weighted by Crippen LogP contribution is -2.12. The molecule has 13 heavy (non-hydrogen) atoms. The van der Waals surface area contributed by atoms with E-state index in [4.69, 9.17) is 11.6 Å². The van der Waals surface area contributed by atoms with Gasteiger partial charge in [-0.15, -0.1) is 0 Å². The zero-order valence-electron chi connectivity index (χ0n) is 8.37. The molecule has 1 aromatic heterocycles. The van der Waals surface area contributed by atoms with E-state index in [0.717, 1.165) is 11.5 Å². The minimum Gasteiger partial charge on any atom is -0.363 e. The van der Waals surface area contributed by atoms with Crippen LogP contribution in [0.25, 0.3) is 0 Å². The van der Waals surface area contributed by atoms with Crippen molar-refractivity contribution in [2.24, 2.45) is 0 Å². The average molecular weight is 200 g/mol. The maximum Gasteiger partial charge on any atom is 0.224 e. The maximum absolute atomic E-state index is 5.79. The molecule has 1 heterocycles. The molecule has 0 aliphatic rings. The standard InChI is InChI=1S/C9H14ClN3/c1-6(2)7-5-8(13(3)4)12-9(10)11-7/h5-6H,1-4H3. The van der Waals surface area contributed by atoms with E-state index in [9.17, 15) is 0 Å². The fourth-order valence-corrected chi connectivity index (χ4v) is 1.13. The first-order chi connectivity index (χ1) is 6.00. The molecule has 0 radical (unpaired) electrons. The van der Waals surface area contributed by atoms with Crippen LogP contribution in [0.15, 0.2) is 6.07 Å². The SMILES string of the molecule is CC(C)c1cc(N(C)C)nc(Cl)n1. The van der Waals surface area contributed by atoms with Crippen LogP contribution in [0.2, 0.25) is 5.28 Å². The third kappa shape index (κ3) is 2.56. The molecule has 0 fully saturated rings. The van der Waals surface area contributed by atoms with E-state index >= 15 is 0 Å². The van der Waals surface area contributed by atoms with Crippen LogP contribution in [0, 0.1) is 0 Å². The van der Waals surface area contributed by atoms with Crippen molar-refractivity contribution in [3.05, 3.63) is 17.0 Å². The number of hydrogen-bond donors (Lipinski definition) is 0. The fraction of sp³-hybridized carbons (Fsp3) is 0.556. The van der Waals surface area contributed by atoms with Crippen LogP contribution in [0.5, 0.6) is 0 Å². The van der Waals surface area contributed by atoms with Crippen molar-refractivity contribution in [2.45, 2.75) is 19.8 Å². The number of rotatable bonds is 2. The zero-order chi connectivity index (χ0) is 10.0. The van der Waals surface area contributed by atoms with Gasteiger partial charge in [0, 0.05) is 20.2 Å². The topological polar surface area (TPSA) is 29.0 Å². The highest BCUT2D eigenvalue weighted by Gasteiger charge is 2.07. The largest absolute Gasteiger partial charge is 0.363 e. The summed E-state index contributed by atoms with van der Waals surface area (Å²) in [4.78, 5) is 10.2. The molecular formula is C9H14ClN3. The quantitative estimate of drug-likeness (QED) is 0.685. The van der Waals surface area contributed by atoms with Crippen molar-refractivity contribution in [1.29, 1.82) is 0 Å². The van der Waals surface area contributed by atoms with Crippen LogP contribution in [0.1, 0.15) is 25.5 Å². The summed E-state index contributed by atoms with van der Waals surface area (Å²) in [6.07, 6.45) is 0. The molecule has 1 rings (SSSR count). The Kier molecular flexibility index (Phi) is 3.09. The summed E-state index contributed by atoms with van der Waals surface area (Å²) < 4.78 is 0. The maximum atomic E-state index is 5.79. The van der Waals surface area contributed by atoms with E-state index in [0.29, 0.717) is 11.2 Å². The third-order valence-electron chi connectivity index (χ3n) is 1.75. The molecule has 1 aromatic rings. The summed E-state index contributed by atoms with van der Waals surface area (Å²) in [6.45, 7) is 4.16. The molecule has 0 spiro atoms. The molecule has 4 heteroatoms. The summed E-state index contributed by atoms with van der Waals surface area (Å²) in [5.74, 6) is 1.22. The lowest BCUT2D eigenvalue weighted by atomic mass is 10.1. The van der Waals surface area contributed by atoms with Crippen LogP contribution in [0.4, 0.5) is 5.82 Å². The van der Waals surface area contributed by atoms with E-state index in [1.54, 1.807) is 0 Å². The van der Waals surface area contributed by atoms with Crippen molar-refractivity contribution >= 4 is 17.4 Å². The van der Waals surface area contributed by atoms with Gasteiger partial charge < -0.3 is 4.90 Å². The van der Waals surface area contributed by atoms with Crippen LogP contribution in [-0.2, 0) is 0 Å². The fourth-order valence-electron chi connectivity index (χ4n) is 0.948. The molecule has 0 saturated carbocycles. The minimum atomic E-state index is 0.315. The van der Waals surface area contributed by atoms with Crippen LogP contribution in [0.3, 0.4) is 0 Å². The molecule has 0 aliphatic carbocycles. The Labute approximate surface area is 83.8 Å². The second kappa shape index (κ2) is 3.92. The number of halogens is 1. The Hall–Kier alpha value is -0.830. The number of anilines is 1. The van der Waals surface area contributed by atoms with Gasteiger partial charge in [0.1, 0.15) is 5.82 Å². The van der Waals surface area contributed by atoms with Crippen molar-refractivity contribution in [3.8, 4) is 0 Å². The molecule has 0 aromatic carbocycles. The van der Waals surface area contributed by atoms with Crippen molar-refractivity contribution in [2.75, 3.05) is 19.0 Å². The van der Waals surface area contributed by atoms with Gasteiger partial charge >= 0.3 is 0 Å². The van der Waals surface area contributed by atoms with E-state index in [2.05, 4.69) is 23.8 Å². The normalized spacial score (nSPS) is 10.6. The van der Waals surface area contributed by atoms with Gasteiger partial charge in [-0.2, -0.15) is 0 Å². The monoisotopic (exact) mass is 199 g/mol. The molecule has 0 atom stereocenters. The first-order valence-electron chi connectivity index (χ1n) is 4.22. The second-order valence-corrected chi connectivity index (χ2v) is 3.81. The first-order valence-corrected chi connectivity index (χ1v) is 4.60. The number of aromatic nitrogens is 2. The molecule has 0 aliphatic heterocycles. The van der Waals surface area contributed by atoms with Crippen molar-refractivity contribution < 1.29 is 0 Å². The molecule has 0 N–H and O–H groups in total.